The van der Waals surface area contributed by atoms with E-state index in [0.29, 0.717) is 0 Å². The molecule has 134 valence electrons. The van der Waals surface area contributed by atoms with E-state index in [1.54, 1.807) is 0 Å². The molecule has 0 heterocycles. The van der Waals surface area contributed by atoms with Crippen molar-refractivity contribution in [3.05, 3.63) is 55.6 Å². The molecule has 0 fully saturated rings. The number of nitro benzene ring substituents is 2. The number of carbonyl (C=O) groups is 1. The molecule has 0 amide bonds. The summed E-state index contributed by atoms with van der Waals surface area (Å²) >= 11 is -5.27. The molecule has 2 aromatic rings. The minimum Gasteiger partial charge on any atom is -0.302 e. The van der Waals surface area contributed by atoms with Crippen molar-refractivity contribution < 1.29 is 32.2 Å². The molecule has 0 aromatic heterocycles. The van der Waals surface area contributed by atoms with Gasteiger partial charge in [-0.3, -0.25) is 25.0 Å². The number of nitro groups is 2. The molecular formula is C13H6N2O9S2. The summed E-state index contributed by atoms with van der Waals surface area (Å²) in [6.07, 6.45) is 0. The number of fused-ring (bicyclic) bond motifs is 3. The number of rotatable bonds is 4. The molecule has 2 unspecified atom stereocenters. The Labute approximate surface area is 148 Å². The summed E-state index contributed by atoms with van der Waals surface area (Å²) in [5.74, 6) is -0.888. The maximum Gasteiger partial charge on any atom is 0.279 e. The fourth-order valence-corrected chi connectivity index (χ4v) is 3.58. The van der Waals surface area contributed by atoms with Gasteiger partial charge in [0.1, 0.15) is 0 Å². The molecule has 0 aliphatic heterocycles. The van der Waals surface area contributed by atoms with Gasteiger partial charge in [-0.1, -0.05) is 0 Å². The van der Waals surface area contributed by atoms with Crippen molar-refractivity contribution in [2.24, 2.45) is 0 Å². The van der Waals surface area contributed by atoms with E-state index in [2.05, 4.69) is 0 Å². The van der Waals surface area contributed by atoms with Crippen molar-refractivity contribution in [3.8, 4) is 11.1 Å². The number of carbonyl (C=O) groups excluding carboxylic acids is 1. The predicted octanol–water partition coefficient (Wildman–Crippen LogP) is 1.88. The number of hydrogen-bond donors (Lipinski definition) is 2. The van der Waals surface area contributed by atoms with Crippen LogP contribution < -0.4 is 0 Å². The van der Waals surface area contributed by atoms with Crippen LogP contribution in [0, 0.1) is 20.2 Å². The lowest BCUT2D eigenvalue weighted by Gasteiger charge is -2.05. The Balaban J connectivity index is 2.48. The maximum absolute atomic E-state index is 12.6. The van der Waals surface area contributed by atoms with Crippen LogP contribution in [0.15, 0.2) is 34.1 Å². The standard InChI is InChI=1S/C13H6N2O9S2/c16-13-7-1-5(25(21)22)3-9(14(17)18)11(7)12-8(13)2-6(26(23)24)4-10(12)15(19)20/h1-4H,(H,21,22)(H,23,24). The second-order valence-electron chi connectivity index (χ2n) is 5.07. The van der Waals surface area contributed by atoms with E-state index in [0.717, 1.165) is 24.3 Å². The zero-order chi connectivity index (χ0) is 19.3. The van der Waals surface area contributed by atoms with Gasteiger partial charge in [0.15, 0.2) is 27.9 Å². The van der Waals surface area contributed by atoms with Crippen LogP contribution >= 0.6 is 0 Å². The minimum atomic E-state index is -2.63. The SMILES string of the molecule is O=C1c2cc(S(=O)O)cc([N+](=O)[O-])c2-c2c1cc(S(=O)O)cc2[N+](=O)[O-]. The summed E-state index contributed by atoms with van der Waals surface area (Å²) in [6, 6.07) is 3.36. The first-order chi connectivity index (χ1) is 12.1. The topological polar surface area (TPSA) is 178 Å². The molecule has 0 bridgehead atoms. The average molecular weight is 398 g/mol. The molecule has 2 atom stereocenters. The Morgan fingerprint density at radius 2 is 1.12 bits per heavy atom. The molecule has 2 N–H and O–H groups in total. The number of hydrogen-bond acceptors (Lipinski definition) is 7. The predicted molar refractivity (Wildman–Crippen MR) is 86.7 cm³/mol. The fraction of sp³-hybridized carbons (Fsp3) is 0. The number of benzene rings is 2. The summed E-state index contributed by atoms with van der Waals surface area (Å²) in [4.78, 5) is 32.6. The van der Waals surface area contributed by atoms with Gasteiger partial charge in [-0.05, 0) is 12.1 Å². The lowest BCUT2D eigenvalue weighted by molar-refractivity contribution is -0.386. The Hall–Kier alpha value is -2.87. The molecule has 0 saturated carbocycles. The van der Waals surface area contributed by atoms with Crippen LogP contribution in [0.2, 0.25) is 0 Å². The first kappa shape index (κ1) is 17.9. The van der Waals surface area contributed by atoms with Crippen LogP contribution in [0.4, 0.5) is 11.4 Å². The van der Waals surface area contributed by atoms with E-state index in [-0.39, 0.29) is 22.3 Å². The van der Waals surface area contributed by atoms with Crippen molar-refractivity contribution in [3.63, 3.8) is 0 Å². The second kappa shape index (κ2) is 6.14. The van der Waals surface area contributed by atoms with Crippen LogP contribution in [0.5, 0.6) is 0 Å². The van der Waals surface area contributed by atoms with E-state index < -0.39 is 59.0 Å². The molecule has 2 aromatic carbocycles. The number of nitrogens with zero attached hydrogens (tertiary/aromatic N) is 2. The smallest absolute Gasteiger partial charge is 0.279 e. The number of ketones is 1. The minimum absolute atomic E-state index is 0.365. The van der Waals surface area contributed by atoms with E-state index in [1.807, 2.05) is 0 Å². The molecule has 13 heteroatoms. The van der Waals surface area contributed by atoms with E-state index in [1.165, 1.54) is 0 Å². The van der Waals surface area contributed by atoms with Crippen LogP contribution in [-0.4, -0.2) is 33.2 Å². The molecule has 1 aliphatic rings. The van der Waals surface area contributed by atoms with E-state index in [4.69, 9.17) is 0 Å². The zero-order valence-electron chi connectivity index (χ0n) is 12.3. The Morgan fingerprint density at radius 1 is 0.769 bits per heavy atom. The van der Waals surface area contributed by atoms with Gasteiger partial charge in [0.25, 0.3) is 11.4 Å². The molecular weight excluding hydrogens is 392 g/mol. The van der Waals surface area contributed by atoms with Gasteiger partial charge in [-0.25, -0.2) is 8.42 Å². The van der Waals surface area contributed by atoms with Crippen molar-refractivity contribution in [1.82, 2.24) is 0 Å². The molecule has 0 radical (unpaired) electrons. The Morgan fingerprint density at radius 3 is 1.38 bits per heavy atom. The van der Waals surface area contributed by atoms with Gasteiger partial charge in [-0.15, -0.1) is 0 Å². The first-order valence-corrected chi connectivity index (χ1v) is 8.76. The summed E-state index contributed by atoms with van der Waals surface area (Å²) in [5.41, 5.74) is -2.98. The molecule has 1 aliphatic carbocycles. The van der Waals surface area contributed by atoms with Gasteiger partial charge in [0.2, 0.25) is 0 Å². The maximum atomic E-state index is 12.6. The third-order valence-electron chi connectivity index (χ3n) is 3.72. The third-order valence-corrected chi connectivity index (χ3v) is 5.00. The molecule has 11 nitrogen and oxygen atoms in total. The quantitative estimate of drug-likeness (QED) is 0.377. The second-order valence-corrected chi connectivity index (χ2v) is 7.01. The van der Waals surface area contributed by atoms with Crippen LogP contribution in [0.3, 0.4) is 0 Å². The van der Waals surface area contributed by atoms with Crippen LogP contribution in [-0.2, 0) is 22.2 Å². The highest BCUT2D eigenvalue weighted by molar-refractivity contribution is 7.79. The zero-order valence-corrected chi connectivity index (χ0v) is 13.9. The van der Waals surface area contributed by atoms with Gasteiger partial charge in [0, 0.05) is 23.3 Å². The summed E-state index contributed by atoms with van der Waals surface area (Å²) in [5, 5.41) is 22.7. The summed E-state index contributed by atoms with van der Waals surface area (Å²) in [6.45, 7) is 0. The lowest BCUT2D eigenvalue weighted by atomic mass is 10.0. The van der Waals surface area contributed by atoms with Gasteiger partial charge < -0.3 is 9.11 Å². The monoisotopic (exact) mass is 398 g/mol. The highest BCUT2D eigenvalue weighted by Gasteiger charge is 2.40. The third kappa shape index (κ3) is 2.62. The highest BCUT2D eigenvalue weighted by atomic mass is 32.2. The summed E-state index contributed by atoms with van der Waals surface area (Å²) < 4.78 is 40.9. The van der Waals surface area contributed by atoms with E-state index >= 15 is 0 Å². The van der Waals surface area contributed by atoms with Crippen LogP contribution in [0.25, 0.3) is 11.1 Å². The highest BCUT2D eigenvalue weighted by Crippen LogP contribution is 2.48. The Bertz CT molecular complexity index is 996. The molecule has 3 rings (SSSR count). The first-order valence-electron chi connectivity index (χ1n) is 6.55. The van der Waals surface area contributed by atoms with Crippen molar-refractivity contribution >= 4 is 39.3 Å². The van der Waals surface area contributed by atoms with E-state index in [9.17, 15) is 42.5 Å². The Kier molecular flexibility index (Phi) is 4.23. The van der Waals surface area contributed by atoms with Gasteiger partial charge >= 0.3 is 0 Å². The normalized spacial score (nSPS) is 14.5. The van der Waals surface area contributed by atoms with Crippen LogP contribution in [0.1, 0.15) is 15.9 Å². The van der Waals surface area contributed by atoms with Gasteiger partial charge in [-0.2, -0.15) is 0 Å². The van der Waals surface area contributed by atoms with Crippen molar-refractivity contribution in [2.75, 3.05) is 0 Å². The largest absolute Gasteiger partial charge is 0.302 e. The van der Waals surface area contributed by atoms with Crippen molar-refractivity contribution in [2.45, 2.75) is 9.79 Å². The average Bonchev–Trinajstić information content (AvgIpc) is 2.85. The summed E-state index contributed by atoms with van der Waals surface area (Å²) in [7, 11) is 0. The molecule has 26 heavy (non-hydrogen) atoms. The molecule has 0 spiro atoms. The lowest BCUT2D eigenvalue weighted by Crippen LogP contribution is -2.01. The molecule has 0 saturated heterocycles. The van der Waals surface area contributed by atoms with Gasteiger partial charge in [0.05, 0.1) is 30.8 Å². The van der Waals surface area contributed by atoms with Crippen molar-refractivity contribution in [1.29, 1.82) is 0 Å². The fourth-order valence-electron chi connectivity index (χ4n) is 2.72.